The monoisotopic (exact) mass is 170 g/mol. The van der Waals surface area contributed by atoms with Crippen molar-refractivity contribution in [3.63, 3.8) is 0 Å². The molecule has 0 radical (unpaired) electrons. The molecule has 0 fully saturated rings. The molecule has 0 saturated carbocycles. The molecule has 1 aromatic rings. The molecular formula is C10H3FN2. The van der Waals surface area contributed by atoms with Gasteiger partial charge in [-0.2, -0.15) is 10.5 Å². The van der Waals surface area contributed by atoms with Gasteiger partial charge in [0.05, 0.1) is 11.1 Å². The van der Waals surface area contributed by atoms with Crippen molar-refractivity contribution in [2.75, 3.05) is 0 Å². The van der Waals surface area contributed by atoms with Gasteiger partial charge in [-0.1, -0.05) is 6.07 Å². The Labute approximate surface area is 74.8 Å². The van der Waals surface area contributed by atoms with Crippen LogP contribution in [0.15, 0.2) is 18.2 Å². The molecule has 3 heteroatoms. The van der Waals surface area contributed by atoms with Gasteiger partial charge in [0.2, 0.25) is 0 Å². The molecule has 0 aliphatic carbocycles. The number of halogens is 1. The van der Waals surface area contributed by atoms with Crippen molar-refractivity contribution in [1.29, 1.82) is 10.5 Å². The van der Waals surface area contributed by atoms with Gasteiger partial charge in [0, 0.05) is 5.92 Å². The predicted octanol–water partition coefficient (Wildman–Crippen LogP) is 1.57. The van der Waals surface area contributed by atoms with Crippen LogP contribution < -0.4 is 0 Å². The number of rotatable bonds is 0. The second-order valence-electron chi connectivity index (χ2n) is 2.14. The molecule has 0 aromatic heterocycles. The van der Waals surface area contributed by atoms with Crippen molar-refractivity contribution in [3.05, 3.63) is 35.1 Å². The van der Waals surface area contributed by atoms with Crippen molar-refractivity contribution in [1.82, 2.24) is 0 Å². The first-order valence-corrected chi connectivity index (χ1v) is 3.38. The molecule has 0 N–H and O–H groups in total. The summed E-state index contributed by atoms with van der Waals surface area (Å²) >= 11 is 0. The van der Waals surface area contributed by atoms with Gasteiger partial charge < -0.3 is 0 Å². The van der Waals surface area contributed by atoms with Crippen LogP contribution in [0.4, 0.5) is 4.39 Å². The van der Waals surface area contributed by atoms with Crippen LogP contribution in [0.25, 0.3) is 0 Å². The molecule has 1 rings (SSSR count). The first-order chi connectivity index (χ1) is 6.29. The summed E-state index contributed by atoms with van der Waals surface area (Å²) in [6.45, 7) is 0. The van der Waals surface area contributed by atoms with Gasteiger partial charge in [-0.05, 0) is 18.1 Å². The topological polar surface area (TPSA) is 47.6 Å². The predicted molar refractivity (Wildman–Crippen MR) is 43.6 cm³/mol. The summed E-state index contributed by atoms with van der Waals surface area (Å²) in [4.78, 5) is 0. The SMILES string of the molecule is N#CC#Cc1cccc(C#N)c1F. The molecule has 0 bridgehead atoms. The van der Waals surface area contributed by atoms with Gasteiger partial charge >= 0.3 is 0 Å². The number of nitrogens with zero attached hydrogens (tertiary/aromatic N) is 2. The van der Waals surface area contributed by atoms with E-state index in [9.17, 15) is 4.39 Å². The Morgan fingerprint density at radius 1 is 1.15 bits per heavy atom. The first kappa shape index (κ1) is 8.78. The zero-order chi connectivity index (χ0) is 9.68. The third kappa shape index (κ3) is 1.83. The maximum absolute atomic E-state index is 13.2. The Hall–Kier alpha value is -2.31. The Bertz CT molecular complexity index is 466. The molecule has 13 heavy (non-hydrogen) atoms. The van der Waals surface area contributed by atoms with E-state index in [1.165, 1.54) is 18.2 Å². The van der Waals surface area contributed by atoms with E-state index in [2.05, 4.69) is 11.8 Å². The molecule has 0 saturated heterocycles. The fourth-order valence-electron chi connectivity index (χ4n) is 0.810. The molecule has 0 atom stereocenters. The number of hydrogen-bond acceptors (Lipinski definition) is 2. The van der Waals surface area contributed by atoms with Crippen LogP contribution in [-0.2, 0) is 0 Å². The molecule has 0 aliphatic rings. The zero-order valence-electron chi connectivity index (χ0n) is 6.50. The van der Waals surface area contributed by atoms with Crippen molar-refractivity contribution in [2.24, 2.45) is 0 Å². The van der Waals surface area contributed by atoms with E-state index in [0.717, 1.165) is 0 Å². The second-order valence-corrected chi connectivity index (χ2v) is 2.14. The first-order valence-electron chi connectivity index (χ1n) is 3.38. The minimum atomic E-state index is -0.673. The van der Waals surface area contributed by atoms with Gasteiger partial charge in [-0.25, -0.2) is 4.39 Å². The van der Waals surface area contributed by atoms with Crippen LogP contribution in [0.2, 0.25) is 0 Å². The molecule has 60 valence electrons. The van der Waals surface area contributed by atoms with Crippen LogP contribution in [-0.4, -0.2) is 0 Å². The normalized spacial score (nSPS) is 7.62. The highest BCUT2D eigenvalue weighted by Crippen LogP contribution is 2.10. The molecule has 0 amide bonds. The third-order valence-corrected chi connectivity index (χ3v) is 1.37. The lowest BCUT2D eigenvalue weighted by atomic mass is 10.1. The average Bonchev–Trinajstić information content (AvgIpc) is 2.16. The number of nitriles is 2. The number of benzene rings is 1. The fourth-order valence-corrected chi connectivity index (χ4v) is 0.810. The zero-order valence-corrected chi connectivity index (χ0v) is 6.50. The van der Waals surface area contributed by atoms with Crippen molar-refractivity contribution in [3.8, 4) is 24.0 Å². The van der Waals surface area contributed by atoms with E-state index in [-0.39, 0.29) is 11.1 Å². The summed E-state index contributed by atoms with van der Waals surface area (Å²) in [6.07, 6.45) is 0. The van der Waals surface area contributed by atoms with Crippen LogP contribution >= 0.6 is 0 Å². The molecule has 0 spiro atoms. The third-order valence-electron chi connectivity index (χ3n) is 1.37. The lowest BCUT2D eigenvalue weighted by molar-refractivity contribution is 0.620. The van der Waals surface area contributed by atoms with Crippen LogP contribution in [0, 0.1) is 40.3 Å². The molecule has 0 aliphatic heterocycles. The summed E-state index contributed by atoms with van der Waals surface area (Å²) in [7, 11) is 0. The Morgan fingerprint density at radius 3 is 2.46 bits per heavy atom. The summed E-state index contributed by atoms with van der Waals surface area (Å²) in [5.41, 5.74) is 0.00494. The van der Waals surface area contributed by atoms with E-state index < -0.39 is 5.82 Å². The van der Waals surface area contributed by atoms with Gasteiger partial charge in [0.15, 0.2) is 11.9 Å². The molecule has 2 nitrogen and oxygen atoms in total. The Morgan fingerprint density at radius 2 is 1.85 bits per heavy atom. The highest BCUT2D eigenvalue weighted by atomic mass is 19.1. The van der Waals surface area contributed by atoms with E-state index in [1.807, 2.05) is 0 Å². The standard InChI is InChI=1S/C10H3FN2/c11-10-8(5-2-6-12)3-1-4-9(10)7-13/h1,3-4H. The van der Waals surface area contributed by atoms with Gasteiger partial charge in [-0.15, -0.1) is 0 Å². The van der Waals surface area contributed by atoms with Gasteiger partial charge in [0.25, 0.3) is 0 Å². The number of hydrogen-bond donors (Lipinski definition) is 0. The van der Waals surface area contributed by atoms with E-state index in [1.54, 1.807) is 12.1 Å². The lowest BCUT2D eigenvalue weighted by Crippen LogP contribution is -1.87. The molecule has 0 unspecified atom stereocenters. The minimum absolute atomic E-state index is 0.0651. The van der Waals surface area contributed by atoms with E-state index in [4.69, 9.17) is 10.5 Å². The average molecular weight is 170 g/mol. The van der Waals surface area contributed by atoms with Crippen molar-refractivity contribution in [2.45, 2.75) is 0 Å². The largest absolute Gasteiger partial charge is 0.204 e. The summed E-state index contributed by atoms with van der Waals surface area (Å²) < 4.78 is 13.2. The second kappa shape index (κ2) is 3.90. The fraction of sp³-hybridized carbons (Fsp3) is 0. The highest BCUT2D eigenvalue weighted by molar-refractivity contribution is 5.44. The summed E-state index contributed by atoms with van der Waals surface area (Å²) in [6, 6.07) is 7.54. The molecular weight excluding hydrogens is 167 g/mol. The quantitative estimate of drug-likeness (QED) is 0.555. The van der Waals surface area contributed by atoms with E-state index in [0.29, 0.717) is 0 Å². The van der Waals surface area contributed by atoms with Crippen LogP contribution in [0.3, 0.4) is 0 Å². The molecule has 0 heterocycles. The highest BCUT2D eigenvalue weighted by Gasteiger charge is 2.04. The lowest BCUT2D eigenvalue weighted by Gasteiger charge is -1.94. The van der Waals surface area contributed by atoms with Crippen LogP contribution in [0.1, 0.15) is 11.1 Å². The van der Waals surface area contributed by atoms with Crippen molar-refractivity contribution < 1.29 is 4.39 Å². The summed E-state index contributed by atoms with van der Waals surface area (Å²) in [5.74, 6) is 3.69. The maximum Gasteiger partial charge on any atom is 0.156 e. The Kier molecular flexibility index (Phi) is 2.64. The minimum Gasteiger partial charge on any atom is -0.204 e. The molecule has 1 aromatic carbocycles. The van der Waals surface area contributed by atoms with Crippen LogP contribution in [0.5, 0.6) is 0 Å². The van der Waals surface area contributed by atoms with E-state index >= 15 is 0 Å². The van der Waals surface area contributed by atoms with Crippen molar-refractivity contribution >= 4 is 0 Å². The van der Waals surface area contributed by atoms with Gasteiger partial charge in [0.1, 0.15) is 6.07 Å². The smallest absolute Gasteiger partial charge is 0.156 e. The van der Waals surface area contributed by atoms with Gasteiger partial charge in [-0.3, -0.25) is 0 Å². The maximum atomic E-state index is 13.2. The Balaban J connectivity index is 3.28. The summed E-state index contributed by atoms with van der Waals surface area (Å²) in [5, 5.41) is 16.6.